The van der Waals surface area contributed by atoms with Gasteiger partial charge < -0.3 is 4.42 Å². The first-order valence-corrected chi connectivity index (χ1v) is 2.21. The van der Waals surface area contributed by atoms with Crippen LogP contribution in [0, 0.1) is 19.3 Å². The Hall–Kier alpha value is -1.23. The molecule has 0 fully saturated rings. The Morgan fingerprint density at radius 3 is 2.88 bits per heavy atom. The van der Waals surface area contributed by atoms with Crippen molar-refractivity contribution in [2.75, 3.05) is 0 Å². The molecule has 0 bridgehead atoms. The Bertz CT molecular complexity index is 219. The van der Waals surface area contributed by atoms with E-state index >= 15 is 0 Å². The smallest absolute Gasteiger partial charge is 0.192 e. The number of aromatic nitrogens is 1. The van der Waals surface area contributed by atoms with Crippen molar-refractivity contribution in [2.24, 2.45) is 0 Å². The molecule has 1 rings (SSSR count). The Morgan fingerprint density at radius 1 is 1.88 bits per heavy atom. The SMILES string of the molecule is C#Cc1coc(C)n1. The van der Waals surface area contributed by atoms with Crippen molar-refractivity contribution in [1.29, 1.82) is 0 Å². The largest absolute Gasteiger partial charge is 0.448 e. The highest BCUT2D eigenvalue weighted by molar-refractivity contribution is 5.19. The average Bonchev–Trinajstić information content (AvgIpc) is 2.14. The zero-order valence-corrected chi connectivity index (χ0v) is 4.51. The predicted molar refractivity (Wildman–Crippen MR) is 29.2 cm³/mol. The summed E-state index contributed by atoms with van der Waals surface area (Å²) in [6.07, 6.45) is 6.44. The molecule has 0 aliphatic rings. The molecule has 0 atom stereocenters. The zero-order valence-electron chi connectivity index (χ0n) is 4.51. The van der Waals surface area contributed by atoms with Crippen LogP contribution in [0.15, 0.2) is 10.7 Å². The van der Waals surface area contributed by atoms with Gasteiger partial charge in [0.25, 0.3) is 0 Å². The van der Waals surface area contributed by atoms with Gasteiger partial charge in [-0.1, -0.05) is 0 Å². The molecule has 1 aromatic rings. The highest BCUT2D eigenvalue weighted by Crippen LogP contribution is 1.96. The molecular formula is C6H5NO. The van der Waals surface area contributed by atoms with Gasteiger partial charge in [0.05, 0.1) is 0 Å². The molecule has 0 spiro atoms. The summed E-state index contributed by atoms with van der Waals surface area (Å²) in [5.74, 6) is 2.95. The molecule has 0 radical (unpaired) electrons. The summed E-state index contributed by atoms with van der Waals surface area (Å²) in [4.78, 5) is 3.83. The van der Waals surface area contributed by atoms with Crippen LogP contribution in [0.2, 0.25) is 0 Å². The van der Waals surface area contributed by atoms with Crippen LogP contribution in [0.3, 0.4) is 0 Å². The molecule has 1 aromatic heterocycles. The minimum atomic E-state index is 0.558. The van der Waals surface area contributed by atoms with Gasteiger partial charge in [-0.3, -0.25) is 0 Å². The zero-order chi connectivity index (χ0) is 5.98. The van der Waals surface area contributed by atoms with Gasteiger partial charge >= 0.3 is 0 Å². The molecule has 2 heteroatoms. The van der Waals surface area contributed by atoms with E-state index in [1.807, 2.05) is 0 Å². The predicted octanol–water partition coefficient (Wildman–Crippen LogP) is 0.964. The Labute approximate surface area is 47.5 Å². The summed E-state index contributed by atoms with van der Waals surface area (Å²) in [7, 11) is 0. The molecule has 1 heterocycles. The number of hydrogen-bond acceptors (Lipinski definition) is 2. The lowest BCUT2D eigenvalue weighted by Gasteiger charge is -1.68. The summed E-state index contributed by atoms with van der Waals surface area (Å²) < 4.78 is 4.80. The standard InChI is InChI=1S/C6H5NO/c1-3-6-4-8-5(2)7-6/h1,4H,2H3. The maximum absolute atomic E-state index is 4.99. The monoisotopic (exact) mass is 107 g/mol. The van der Waals surface area contributed by atoms with Crippen molar-refractivity contribution in [2.45, 2.75) is 6.92 Å². The van der Waals surface area contributed by atoms with Crippen LogP contribution in [0.25, 0.3) is 0 Å². The van der Waals surface area contributed by atoms with Crippen LogP contribution in [0.1, 0.15) is 11.6 Å². The molecule has 0 saturated carbocycles. The first kappa shape index (κ1) is 4.92. The topological polar surface area (TPSA) is 26.0 Å². The van der Waals surface area contributed by atoms with Crippen molar-refractivity contribution in [1.82, 2.24) is 4.98 Å². The van der Waals surface area contributed by atoms with Crippen LogP contribution < -0.4 is 0 Å². The minimum absolute atomic E-state index is 0.558. The Kier molecular flexibility index (Phi) is 1.05. The third-order valence-corrected chi connectivity index (χ3v) is 0.767. The number of hydrogen-bond donors (Lipinski definition) is 0. The van der Waals surface area contributed by atoms with Crippen LogP contribution in [0.4, 0.5) is 0 Å². The first-order valence-electron chi connectivity index (χ1n) is 2.21. The highest BCUT2D eigenvalue weighted by Gasteiger charge is 1.90. The molecule has 0 saturated heterocycles. The van der Waals surface area contributed by atoms with E-state index in [0.717, 1.165) is 0 Å². The summed E-state index contributed by atoms with van der Waals surface area (Å²) in [6, 6.07) is 0. The maximum atomic E-state index is 4.99. The second-order valence-corrected chi connectivity index (χ2v) is 1.40. The lowest BCUT2D eigenvalue weighted by molar-refractivity contribution is 0.521. The summed E-state index contributed by atoms with van der Waals surface area (Å²) in [5, 5.41) is 0. The van der Waals surface area contributed by atoms with Crippen LogP contribution in [-0.4, -0.2) is 4.98 Å². The molecular weight excluding hydrogens is 102 g/mol. The number of terminal acetylenes is 1. The third kappa shape index (κ3) is 0.710. The second kappa shape index (κ2) is 1.71. The quantitative estimate of drug-likeness (QED) is 0.461. The van der Waals surface area contributed by atoms with Crippen molar-refractivity contribution in [3.8, 4) is 12.3 Å². The third-order valence-electron chi connectivity index (χ3n) is 0.767. The fraction of sp³-hybridized carbons (Fsp3) is 0.167. The van der Waals surface area contributed by atoms with Gasteiger partial charge in [-0.05, 0) is 5.92 Å². The summed E-state index contributed by atoms with van der Waals surface area (Å²) >= 11 is 0. The van der Waals surface area contributed by atoms with Crippen LogP contribution in [-0.2, 0) is 0 Å². The molecule has 0 aliphatic heterocycles. The summed E-state index contributed by atoms with van der Waals surface area (Å²) in [6.45, 7) is 1.75. The number of oxazole rings is 1. The van der Waals surface area contributed by atoms with E-state index < -0.39 is 0 Å². The first-order chi connectivity index (χ1) is 3.83. The molecule has 0 aliphatic carbocycles. The van der Waals surface area contributed by atoms with Gasteiger partial charge in [0, 0.05) is 6.92 Å². The van der Waals surface area contributed by atoms with Gasteiger partial charge in [0.15, 0.2) is 11.6 Å². The molecule has 40 valence electrons. The van der Waals surface area contributed by atoms with Crippen molar-refractivity contribution < 1.29 is 4.42 Å². The van der Waals surface area contributed by atoms with Gasteiger partial charge in [-0.15, -0.1) is 6.42 Å². The minimum Gasteiger partial charge on any atom is -0.448 e. The molecule has 0 aromatic carbocycles. The van der Waals surface area contributed by atoms with Crippen molar-refractivity contribution in [3.05, 3.63) is 17.8 Å². The maximum Gasteiger partial charge on any atom is 0.192 e. The lowest BCUT2D eigenvalue weighted by atomic mass is 10.5. The van der Waals surface area contributed by atoms with Crippen LogP contribution >= 0.6 is 0 Å². The fourth-order valence-electron chi connectivity index (χ4n) is 0.430. The van der Waals surface area contributed by atoms with E-state index in [9.17, 15) is 0 Å². The van der Waals surface area contributed by atoms with E-state index in [1.165, 1.54) is 6.26 Å². The van der Waals surface area contributed by atoms with Gasteiger partial charge in [0.2, 0.25) is 0 Å². The molecule has 0 N–H and O–H groups in total. The second-order valence-electron chi connectivity index (χ2n) is 1.40. The van der Waals surface area contributed by atoms with E-state index in [0.29, 0.717) is 11.6 Å². The molecule has 2 nitrogen and oxygen atoms in total. The number of aryl methyl sites for hydroxylation is 1. The van der Waals surface area contributed by atoms with Crippen LogP contribution in [0.5, 0.6) is 0 Å². The summed E-state index contributed by atoms with van der Waals surface area (Å²) in [5.41, 5.74) is 0.558. The number of nitrogens with zero attached hydrogens (tertiary/aromatic N) is 1. The van der Waals surface area contributed by atoms with Gasteiger partial charge in [-0.25, -0.2) is 4.98 Å². The Balaban J connectivity index is 3.05. The average molecular weight is 107 g/mol. The lowest BCUT2D eigenvalue weighted by Crippen LogP contribution is -1.70. The van der Waals surface area contributed by atoms with E-state index in [2.05, 4.69) is 10.9 Å². The molecule has 0 unspecified atom stereocenters. The van der Waals surface area contributed by atoms with E-state index in [4.69, 9.17) is 10.8 Å². The fourth-order valence-corrected chi connectivity index (χ4v) is 0.430. The normalized spacial score (nSPS) is 8.50. The van der Waals surface area contributed by atoms with Gasteiger partial charge in [-0.2, -0.15) is 0 Å². The van der Waals surface area contributed by atoms with Crippen molar-refractivity contribution in [3.63, 3.8) is 0 Å². The molecule has 0 amide bonds. The van der Waals surface area contributed by atoms with E-state index in [1.54, 1.807) is 6.92 Å². The Morgan fingerprint density at radius 2 is 2.62 bits per heavy atom. The van der Waals surface area contributed by atoms with Crippen molar-refractivity contribution >= 4 is 0 Å². The van der Waals surface area contributed by atoms with Gasteiger partial charge in [0.1, 0.15) is 6.26 Å². The highest BCUT2D eigenvalue weighted by atomic mass is 16.3. The number of rotatable bonds is 0. The molecule has 8 heavy (non-hydrogen) atoms. The van der Waals surface area contributed by atoms with E-state index in [-0.39, 0.29) is 0 Å².